The van der Waals surface area contributed by atoms with Gasteiger partial charge >= 0.3 is 0 Å². The number of aryl methyl sites for hydroxylation is 1. The molecular weight excluding hydrogens is 254 g/mol. The highest BCUT2D eigenvalue weighted by atomic mass is 79.9. The molecular formula is C12H12BrNO. The predicted molar refractivity (Wildman–Crippen MR) is 65.0 cm³/mol. The first kappa shape index (κ1) is 10.4. The molecule has 0 N–H and O–H groups in total. The van der Waals surface area contributed by atoms with E-state index in [0.717, 1.165) is 15.6 Å². The van der Waals surface area contributed by atoms with E-state index in [-0.39, 0.29) is 5.78 Å². The number of hydrogen-bond acceptors (Lipinski definition) is 1. The van der Waals surface area contributed by atoms with Crippen LogP contribution in [-0.4, -0.2) is 10.4 Å². The summed E-state index contributed by atoms with van der Waals surface area (Å²) in [5, 5.41) is 1.19. The van der Waals surface area contributed by atoms with Crippen molar-refractivity contribution in [1.29, 1.82) is 0 Å². The summed E-state index contributed by atoms with van der Waals surface area (Å²) in [5.74, 6) is 0.197. The van der Waals surface area contributed by atoms with Gasteiger partial charge in [-0.05, 0) is 34.5 Å². The Morgan fingerprint density at radius 2 is 2.20 bits per heavy atom. The van der Waals surface area contributed by atoms with Crippen LogP contribution in [0.2, 0.25) is 0 Å². The van der Waals surface area contributed by atoms with Gasteiger partial charge in [-0.15, -0.1) is 0 Å². The molecule has 2 aromatic rings. The van der Waals surface area contributed by atoms with E-state index in [4.69, 9.17) is 0 Å². The number of aromatic nitrogens is 1. The van der Waals surface area contributed by atoms with Crippen molar-refractivity contribution >= 4 is 32.6 Å². The Morgan fingerprint density at radius 1 is 1.47 bits per heavy atom. The highest BCUT2D eigenvalue weighted by Crippen LogP contribution is 2.26. The molecule has 2 rings (SSSR count). The Kier molecular flexibility index (Phi) is 2.65. The van der Waals surface area contributed by atoms with Crippen LogP contribution in [0.5, 0.6) is 0 Å². The van der Waals surface area contributed by atoms with Gasteiger partial charge in [0.2, 0.25) is 0 Å². The third kappa shape index (κ3) is 1.97. The standard InChI is InChI=1S/C12H12BrNO/c1-8(15)5-9-3-4-10-11(13)7-14(2)12(10)6-9/h3-4,6-7H,5H2,1-2H3. The molecule has 1 heterocycles. The summed E-state index contributed by atoms with van der Waals surface area (Å²) >= 11 is 3.51. The number of benzene rings is 1. The Morgan fingerprint density at radius 3 is 2.87 bits per heavy atom. The van der Waals surface area contributed by atoms with E-state index < -0.39 is 0 Å². The lowest BCUT2D eigenvalue weighted by Gasteiger charge is -2.00. The summed E-state index contributed by atoms with van der Waals surface area (Å²) in [6, 6.07) is 6.13. The summed E-state index contributed by atoms with van der Waals surface area (Å²) in [7, 11) is 2.00. The van der Waals surface area contributed by atoms with Crippen molar-refractivity contribution in [3.63, 3.8) is 0 Å². The van der Waals surface area contributed by atoms with E-state index in [0.29, 0.717) is 6.42 Å². The fourth-order valence-electron chi connectivity index (χ4n) is 1.78. The van der Waals surface area contributed by atoms with E-state index in [1.807, 2.05) is 19.3 Å². The molecule has 0 amide bonds. The van der Waals surface area contributed by atoms with Gasteiger partial charge in [0.25, 0.3) is 0 Å². The number of halogens is 1. The highest BCUT2D eigenvalue weighted by molar-refractivity contribution is 9.10. The van der Waals surface area contributed by atoms with E-state index in [2.05, 4.69) is 32.6 Å². The lowest BCUT2D eigenvalue weighted by molar-refractivity contribution is -0.116. The minimum Gasteiger partial charge on any atom is -0.349 e. The number of hydrogen-bond donors (Lipinski definition) is 0. The van der Waals surface area contributed by atoms with Crippen LogP contribution in [0.15, 0.2) is 28.9 Å². The Hall–Kier alpha value is -1.09. The van der Waals surface area contributed by atoms with Crippen LogP contribution in [0.25, 0.3) is 10.9 Å². The van der Waals surface area contributed by atoms with E-state index in [9.17, 15) is 4.79 Å². The van der Waals surface area contributed by atoms with E-state index in [1.54, 1.807) is 6.92 Å². The summed E-state index contributed by atoms with van der Waals surface area (Å²) in [4.78, 5) is 11.0. The molecule has 0 bridgehead atoms. The maximum Gasteiger partial charge on any atom is 0.134 e. The first-order valence-corrected chi connectivity index (χ1v) is 5.60. The van der Waals surface area contributed by atoms with Crippen LogP contribution in [0, 0.1) is 0 Å². The topological polar surface area (TPSA) is 22.0 Å². The van der Waals surface area contributed by atoms with Crippen molar-refractivity contribution in [1.82, 2.24) is 4.57 Å². The van der Waals surface area contributed by atoms with Gasteiger partial charge in [0, 0.05) is 35.0 Å². The first-order valence-electron chi connectivity index (χ1n) is 4.81. The van der Waals surface area contributed by atoms with Gasteiger partial charge in [-0.25, -0.2) is 0 Å². The third-order valence-electron chi connectivity index (χ3n) is 2.46. The Balaban J connectivity index is 2.55. The zero-order valence-electron chi connectivity index (χ0n) is 8.75. The predicted octanol–water partition coefficient (Wildman–Crippen LogP) is 3.07. The van der Waals surface area contributed by atoms with Crippen molar-refractivity contribution < 1.29 is 4.79 Å². The Labute approximate surface area is 97.0 Å². The molecule has 78 valence electrons. The minimum atomic E-state index is 0.197. The molecule has 0 unspecified atom stereocenters. The smallest absolute Gasteiger partial charge is 0.134 e. The number of nitrogens with zero attached hydrogens (tertiary/aromatic N) is 1. The molecule has 0 fully saturated rings. The molecule has 15 heavy (non-hydrogen) atoms. The second-order valence-electron chi connectivity index (χ2n) is 3.82. The van der Waals surface area contributed by atoms with Crippen molar-refractivity contribution in [2.24, 2.45) is 7.05 Å². The zero-order valence-corrected chi connectivity index (χ0v) is 10.3. The second-order valence-corrected chi connectivity index (χ2v) is 4.67. The molecule has 3 heteroatoms. The fourth-order valence-corrected chi connectivity index (χ4v) is 2.42. The second kappa shape index (κ2) is 3.81. The molecule has 0 saturated heterocycles. The molecule has 0 spiro atoms. The van der Waals surface area contributed by atoms with Crippen molar-refractivity contribution in [3.05, 3.63) is 34.4 Å². The van der Waals surface area contributed by atoms with Crippen molar-refractivity contribution in [2.75, 3.05) is 0 Å². The van der Waals surface area contributed by atoms with Gasteiger partial charge in [-0.3, -0.25) is 4.79 Å². The van der Waals surface area contributed by atoms with Gasteiger partial charge in [0.1, 0.15) is 5.78 Å². The van der Waals surface area contributed by atoms with Crippen LogP contribution in [-0.2, 0) is 18.3 Å². The molecule has 0 aliphatic carbocycles. The number of fused-ring (bicyclic) bond motifs is 1. The van der Waals surface area contributed by atoms with Gasteiger partial charge in [-0.2, -0.15) is 0 Å². The first-order chi connectivity index (χ1) is 7.08. The minimum absolute atomic E-state index is 0.197. The van der Waals surface area contributed by atoms with Gasteiger partial charge in [0.15, 0.2) is 0 Å². The quantitative estimate of drug-likeness (QED) is 0.818. The number of ketones is 1. The molecule has 0 radical (unpaired) electrons. The SMILES string of the molecule is CC(=O)Cc1ccc2c(Br)cn(C)c2c1. The molecule has 0 aliphatic heterocycles. The average Bonchev–Trinajstić information content (AvgIpc) is 2.41. The largest absolute Gasteiger partial charge is 0.349 e. The molecule has 0 aliphatic rings. The zero-order chi connectivity index (χ0) is 11.0. The lowest BCUT2D eigenvalue weighted by Crippen LogP contribution is -1.96. The third-order valence-corrected chi connectivity index (χ3v) is 3.09. The van der Waals surface area contributed by atoms with Crippen LogP contribution < -0.4 is 0 Å². The van der Waals surface area contributed by atoms with E-state index in [1.165, 1.54) is 5.39 Å². The number of carbonyl (C=O) groups is 1. The average molecular weight is 266 g/mol. The van der Waals surface area contributed by atoms with Crippen molar-refractivity contribution in [2.45, 2.75) is 13.3 Å². The van der Waals surface area contributed by atoms with Crippen LogP contribution >= 0.6 is 15.9 Å². The normalized spacial score (nSPS) is 10.9. The fraction of sp³-hybridized carbons (Fsp3) is 0.250. The molecule has 0 saturated carbocycles. The molecule has 2 nitrogen and oxygen atoms in total. The van der Waals surface area contributed by atoms with Crippen LogP contribution in [0.1, 0.15) is 12.5 Å². The van der Waals surface area contributed by atoms with E-state index >= 15 is 0 Å². The molecule has 1 aromatic heterocycles. The van der Waals surface area contributed by atoms with Gasteiger partial charge < -0.3 is 4.57 Å². The van der Waals surface area contributed by atoms with Gasteiger partial charge in [0.05, 0.1) is 0 Å². The summed E-state index contributed by atoms with van der Waals surface area (Å²) < 4.78 is 3.15. The lowest BCUT2D eigenvalue weighted by atomic mass is 10.1. The highest BCUT2D eigenvalue weighted by Gasteiger charge is 2.05. The molecule has 0 atom stereocenters. The maximum atomic E-state index is 11.0. The molecule has 1 aromatic carbocycles. The Bertz CT molecular complexity index is 528. The van der Waals surface area contributed by atoms with Crippen LogP contribution in [0.4, 0.5) is 0 Å². The monoisotopic (exact) mass is 265 g/mol. The van der Waals surface area contributed by atoms with Crippen LogP contribution in [0.3, 0.4) is 0 Å². The summed E-state index contributed by atoms with van der Waals surface area (Å²) in [6.07, 6.45) is 2.54. The number of rotatable bonds is 2. The summed E-state index contributed by atoms with van der Waals surface area (Å²) in [5.41, 5.74) is 2.23. The number of Topliss-reactive ketones (excluding diaryl/α,β-unsaturated/α-hetero) is 1. The van der Waals surface area contributed by atoms with Gasteiger partial charge in [-0.1, -0.05) is 12.1 Å². The summed E-state index contributed by atoms with van der Waals surface area (Å²) in [6.45, 7) is 1.62. The maximum absolute atomic E-state index is 11.0. The van der Waals surface area contributed by atoms with Crippen molar-refractivity contribution in [3.8, 4) is 0 Å². The number of carbonyl (C=O) groups excluding carboxylic acids is 1.